The molecule has 2 amide bonds. The summed E-state index contributed by atoms with van der Waals surface area (Å²) in [6, 6.07) is 0.126. The highest BCUT2D eigenvalue weighted by Crippen LogP contribution is 2.27. The van der Waals surface area contributed by atoms with Gasteiger partial charge < -0.3 is 20.1 Å². The third kappa shape index (κ3) is 8.97. The standard InChI is InChI=1S/C18H32N2O5/c1-13(2)18(23)14-4-6-15(7-5-14)20-17(22)12-25-11-9-19-16(21)8-10-24-3/h13-15H,4-12H2,1-3H3,(H,19,21)(H,20,22). The highest BCUT2D eigenvalue weighted by atomic mass is 16.5. The van der Waals surface area contributed by atoms with Crippen LogP contribution in [0.2, 0.25) is 0 Å². The zero-order valence-corrected chi connectivity index (χ0v) is 15.6. The number of carbonyl (C=O) groups is 3. The number of carbonyl (C=O) groups excluding carboxylic acids is 3. The van der Waals surface area contributed by atoms with E-state index in [0.29, 0.717) is 32.0 Å². The summed E-state index contributed by atoms with van der Waals surface area (Å²) in [7, 11) is 1.55. The van der Waals surface area contributed by atoms with Gasteiger partial charge in [0, 0.05) is 38.0 Å². The predicted molar refractivity (Wildman–Crippen MR) is 94.1 cm³/mol. The molecule has 25 heavy (non-hydrogen) atoms. The summed E-state index contributed by atoms with van der Waals surface area (Å²) in [5, 5.41) is 5.65. The molecule has 0 aromatic rings. The van der Waals surface area contributed by atoms with Crippen molar-refractivity contribution in [3.63, 3.8) is 0 Å². The maximum absolute atomic E-state index is 12.0. The number of hydrogen-bond donors (Lipinski definition) is 2. The molecule has 0 atom stereocenters. The number of nitrogens with one attached hydrogen (secondary N) is 2. The molecule has 1 aliphatic rings. The fourth-order valence-electron chi connectivity index (χ4n) is 2.97. The summed E-state index contributed by atoms with van der Waals surface area (Å²) in [5.74, 6) is 0.318. The molecule has 0 aromatic heterocycles. The maximum atomic E-state index is 12.0. The van der Waals surface area contributed by atoms with Gasteiger partial charge in [0.15, 0.2) is 0 Å². The first kappa shape index (κ1) is 21.6. The Bertz CT molecular complexity index is 431. The van der Waals surface area contributed by atoms with Gasteiger partial charge in [-0.25, -0.2) is 0 Å². The van der Waals surface area contributed by atoms with Gasteiger partial charge >= 0.3 is 0 Å². The van der Waals surface area contributed by atoms with Crippen LogP contribution >= 0.6 is 0 Å². The quantitative estimate of drug-likeness (QED) is 0.540. The van der Waals surface area contributed by atoms with Crippen molar-refractivity contribution >= 4 is 17.6 Å². The molecule has 0 bridgehead atoms. The Morgan fingerprint density at radius 2 is 1.72 bits per heavy atom. The van der Waals surface area contributed by atoms with Crippen molar-refractivity contribution < 1.29 is 23.9 Å². The number of ketones is 1. The molecular formula is C18H32N2O5. The molecule has 0 spiro atoms. The first-order valence-corrected chi connectivity index (χ1v) is 9.10. The molecule has 0 aliphatic heterocycles. The van der Waals surface area contributed by atoms with Crippen molar-refractivity contribution in [2.75, 3.05) is 33.5 Å². The van der Waals surface area contributed by atoms with E-state index in [1.54, 1.807) is 7.11 Å². The van der Waals surface area contributed by atoms with Gasteiger partial charge in [-0.15, -0.1) is 0 Å². The predicted octanol–water partition coefficient (Wildman–Crippen LogP) is 1.06. The SMILES string of the molecule is COCCC(=O)NCCOCC(=O)NC1CCC(C(=O)C(C)C)CC1. The summed E-state index contributed by atoms with van der Waals surface area (Å²) in [6.07, 6.45) is 3.68. The fraction of sp³-hybridized carbons (Fsp3) is 0.833. The van der Waals surface area contributed by atoms with Gasteiger partial charge in [0.25, 0.3) is 0 Å². The smallest absolute Gasteiger partial charge is 0.246 e. The number of methoxy groups -OCH3 is 1. The van der Waals surface area contributed by atoms with E-state index in [1.807, 2.05) is 13.8 Å². The van der Waals surface area contributed by atoms with Crippen molar-refractivity contribution in [1.29, 1.82) is 0 Å². The Labute approximate surface area is 150 Å². The second-order valence-corrected chi connectivity index (χ2v) is 6.82. The van der Waals surface area contributed by atoms with Crippen LogP contribution in [0.25, 0.3) is 0 Å². The molecule has 2 N–H and O–H groups in total. The second kappa shape index (κ2) is 12.0. The second-order valence-electron chi connectivity index (χ2n) is 6.82. The average molecular weight is 356 g/mol. The lowest BCUT2D eigenvalue weighted by Gasteiger charge is -2.29. The van der Waals surface area contributed by atoms with E-state index < -0.39 is 0 Å². The van der Waals surface area contributed by atoms with E-state index >= 15 is 0 Å². The maximum Gasteiger partial charge on any atom is 0.246 e. The van der Waals surface area contributed by atoms with Gasteiger partial charge in [0.05, 0.1) is 13.2 Å². The zero-order valence-electron chi connectivity index (χ0n) is 15.6. The van der Waals surface area contributed by atoms with E-state index in [2.05, 4.69) is 10.6 Å². The van der Waals surface area contributed by atoms with Gasteiger partial charge in [-0.3, -0.25) is 14.4 Å². The van der Waals surface area contributed by atoms with Crippen molar-refractivity contribution in [1.82, 2.24) is 10.6 Å². The Hall–Kier alpha value is -1.47. The first-order chi connectivity index (χ1) is 11.9. The third-order valence-corrected chi connectivity index (χ3v) is 4.40. The molecule has 1 rings (SSSR count). The van der Waals surface area contributed by atoms with Crippen LogP contribution in [0.4, 0.5) is 0 Å². The van der Waals surface area contributed by atoms with Gasteiger partial charge in [-0.1, -0.05) is 13.8 Å². The number of amides is 2. The van der Waals surface area contributed by atoms with Crippen LogP contribution in [-0.2, 0) is 23.9 Å². The molecule has 1 aliphatic carbocycles. The van der Waals surface area contributed by atoms with Crippen molar-refractivity contribution in [3.05, 3.63) is 0 Å². The van der Waals surface area contributed by atoms with Crippen LogP contribution in [0, 0.1) is 11.8 Å². The molecule has 144 valence electrons. The van der Waals surface area contributed by atoms with Gasteiger partial charge in [0.2, 0.25) is 11.8 Å². The number of ether oxygens (including phenoxy) is 2. The number of rotatable bonds is 11. The molecule has 0 saturated heterocycles. The van der Waals surface area contributed by atoms with Gasteiger partial charge in [-0.05, 0) is 25.7 Å². The van der Waals surface area contributed by atoms with Crippen molar-refractivity contribution in [2.45, 2.75) is 52.0 Å². The number of Topliss-reactive ketones (excluding diaryl/α,β-unsaturated/α-hetero) is 1. The van der Waals surface area contributed by atoms with Crippen LogP contribution in [0.3, 0.4) is 0 Å². The Morgan fingerprint density at radius 3 is 2.32 bits per heavy atom. The molecule has 0 unspecified atom stereocenters. The highest BCUT2D eigenvalue weighted by molar-refractivity contribution is 5.83. The summed E-state index contributed by atoms with van der Waals surface area (Å²) in [4.78, 5) is 35.2. The third-order valence-electron chi connectivity index (χ3n) is 4.40. The van der Waals surface area contributed by atoms with Gasteiger partial charge in [0.1, 0.15) is 12.4 Å². The Balaban J connectivity index is 2.08. The molecule has 0 aromatic carbocycles. The van der Waals surface area contributed by atoms with Crippen LogP contribution < -0.4 is 10.6 Å². The fourth-order valence-corrected chi connectivity index (χ4v) is 2.97. The monoisotopic (exact) mass is 356 g/mol. The molecule has 1 fully saturated rings. The lowest BCUT2D eigenvalue weighted by molar-refractivity contribution is -0.127. The van der Waals surface area contributed by atoms with Crippen molar-refractivity contribution in [3.8, 4) is 0 Å². The topological polar surface area (TPSA) is 93.7 Å². The van der Waals surface area contributed by atoms with Crippen LogP contribution in [0.5, 0.6) is 0 Å². The van der Waals surface area contributed by atoms with Crippen LogP contribution in [0.1, 0.15) is 46.0 Å². The van der Waals surface area contributed by atoms with Gasteiger partial charge in [-0.2, -0.15) is 0 Å². The van der Waals surface area contributed by atoms with E-state index in [4.69, 9.17) is 9.47 Å². The molecular weight excluding hydrogens is 324 g/mol. The van der Waals surface area contributed by atoms with Crippen LogP contribution in [0.15, 0.2) is 0 Å². The Morgan fingerprint density at radius 1 is 1.04 bits per heavy atom. The molecule has 1 saturated carbocycles. The highest BCUT2D eigenvalue weighted by Gasteiger charge is 2.28. The summed E-state index contributed by atoms with van der Waals surface area (Å²) >= 11 is 0. The summed E-state index contributed by atoms with van der Waals surface area (Å²) in [5.41, 5.74) is 0. The lowest BCUT2D eigenvalue weighted by atomic mass is 9.80. The van der Waals surface area contributed by atoms with Crippen molar-refractivity contribution in [2.24, 2.45) is 11.8 Å². The normalized spacial score (nSPS) is 20.3. The lowest BCUT2D eigenvalue weighted by Crippen LogP contribution is -2.41. The Kier molecular flexibility index (Phi) is 10.3. The minimum absolute atomic E-state index is 0.0151. The molecule has 7 heteroatoms. The molecule has 0 radical (unpaired) electrons. The minimum atomic E-state index is -0.149. The number of hydrogen-bond acceptors (Lipinski definition) is 5. The minimum Gasteiger partial charge on any atom is -0.384 e. The summed E-state index contributed by atoms with van der Waals surface area (Å²) < 4.78 is 10.1. The molecule has 0 heterocycles. The zero-order chi connectivity index (χ0) is 18.7. The molecule has 7 nitrogen and oxygen atoms in total. The van der Waals surface area contributed by atoms with E-state index in [1.165, 1.54) is 0 Å². The van der Waals surface area contributed by atoms with E-state index in [0.717, 1.165) is 25.7 Å². The van der Waals surface area contributed by atoms with E-state index in [9.17, 15) is 14.4 Å². The first-order valence-electron chi connectivity index (χ1n) is 9.10. The van der Waals surface area contributed by atoms with E-state index in [-0.39, 0.29) is 36.3 Å². The average Bonchev–Trinajstić information content (AvgIpc) is 2.59. The van der Waals surface area contributed by atoms with Crippen LogP contribution in [-0.4, -0.2) is 57.1 Å². The largest absolute Gasteiger partial charge is 0.384 e. The summed E-state index contributed by atoms with van der Waals surface area (Å²) in [6.45, 7) is 4.92.